The first-order valence-corrected chi connectivity index (χ1v) is 8.07. The fourth-order valence-electron chi connectivity index (χ4n) is 2.33. The van der Waals surface area contributed by atoms with Crippen LogP contribution in [0, 0.1) is 5.92 Å². The predicted octanol–water partition coefficient (Wildman–Crippen LogP) is 2.08. The van der Waals surface area contributed by atoms with Crippen molar-refractivity contribution in [3.8, 4) is 0 Å². The molecule has 0 saturated carbocycles. The van der Waals surface area contributed by atoms with Crippen LogP contribution in [-0.4, -0.2) is 22.8 Å². The maximum absolute atomic E-state index is 12.4. The van der Waals surface area contributed by atoms with Crippen LogP contribution in [0.15, 0.2) is 54.7 Å². The van der Waals surface area contributed by atoms with Gasteiger partial charge in [0, 0.05) is 6.20 Å². The number of hydrogen-bond donors (Lipinski definition) is 2. The van der Waals surface area contributed by atoms with E-state index in [-0.39, 0.29) is 24.2 Å². The number of hydrogen-bond acceptors (Lipinski definition) is 3. The number of aromatic nitrogens is 1. The molecule has 1 aromatic carbocycles. The van der Waals surface area contributed by atoms with Gasteiger partial charge in [0.15, 0.2) is 0 Å². The van der Waals surface area contributed by atoms with Gasteiger partial charge in [-0.1, -0.05) is 50.2 Å². The third-order valence-electron chi connectivity index (χ3n) is 3.64. The van der Waals surface area contributed by atoms with Crippen LogP contribution in [0.5, 0.6) is 0 Å². The first-order valence-electron chi connectivity index (χ1n) is 8.07. The molecule has 0 fully saturated rings. The van der Waals surface area contributed by atoms with E-state index < -0.39 is 6.04 Å². The quantitative estimate of drug-likeness (QED) is 0.819. The maximum atomic E-state index is 12.4. The average Bonchev–Trinajstić information content (AvgIpc) is 2.59. The average molecular weight is 325 g/mol. The van der Waals surface area contributed by atoms with E-state index in [0.29, 0.717) is 6.54 Å². The molecule has 2 rings (SSSR count). The van der Waals surface area contributed by atoms with Crippen LogP contribution in [0.25, 0.3) is 0 Å². The van der Waals surface area contributed by atoms with Crippen molar-refractivity contribution in [3.05, 3.63) is 66.0 Å². The van der Waals surface area contributed by atoms with Crippen LogP contribution in [0.4, 0.5) is 0 Å². The van der Waals surface area contributed by atoms with Gasteiger partial charge in [0.05, 0.1) is 18.7 Å². The van der Waals surface area contributed by atoms with Crippen molar-refractivity contribution < 1.29 is 9.59 Å². The third-order valence-corrected chi connectivity index (χ3v) is 3.64. The van der Waals surface area contributed by atoms with Crippen molar-refractivity contribution >= 4 is 11.8 Å². The van der Waals surface area contributed by atoms with Gasteiger partial charge in [0.25, 0.3) is 0 Å². The fraction of sp³-hybridized carbons (Fsp3) is 0.316. The number of rotatable bonds is 7. The Morgan fingerprint density at radius 3 is 2.38 bits per heavy atom. The van der Waals surface area contributed by atoms with E-state index in [9.17, 15) is 9.59 Å². The summed E-state index contributed by atoms with van der Waals surface area (Å²) in [6.45, 7) is 4.17. The van der Waals surface area contributed by atoms with Crippen LogP contribution in [0.3, 0.4) is 0 Å². The number of pyridine rings is 1. The van der Waals surface area contributed by atoms with Crippen molar-refractivity contribution in [1.82, 2.24) is 15.6 Å². The van der Waals surface area contributed by atoms with Gasteiger partial charge in [-0.3, -0.25) is 14.6 Å². The SMILES string of the molecule is CC(C)[C@@H](NC(=O)Cc1ccccc1)C(=O)NCc1ccccn1. The molecule has 5 nitrogen and oxygen atoms in total. The van der Waals surface area contributed by atoms with E-state index in [1.807, 2.05) is 62.4 Å². The monoisotopic (exact) mass is 325 g/mol. The highest BCUT2D eigenvalue weighted by Gasteiger charge is 2.23. The lowest BCUT2D eigenvalue weighted by molar-refractivity contribution is -0.129. The number of amides is 2. The van der Waals surface area contributed by atoms with E-state index in [0.717, 1.165) is 11.3 Å². The number of benzene rings is 1. The summed E-state index contributed by atoms with van der Waals surface area (Å²) in [5, 5.41) is 5.66. The Hall–Kier alpha value is -2.69. The molecule has 2 amide bonds. The first kappa shape index (κ1) is 17.7. The highest BCUT2D eigenvalue weighted by Crippen LogP contribution is 2.05. The smallest absolute Gasteiger partial charge is 0.243 e. The Morgan fingerprint density at radius 2 is 1.75 bits per heavy atom. The van der Waals surface area contributed by atoms with Crippen molar-refractivity contribution in [1.29, 1.82) is 0 Å². The lowest BCUT2D eigenvalue weighted by atomic mass is 10.0. The molecule has 5 heteroatoms. The van der Waals surface area contributed by atoms with Crippen molar-refractivity contribution in [3.63, 3.8) is 0 Å². The number of carbonyl (C=O) groups excluding carboxylic acids is 2. The molecule has 0 spiro atoms. The Kier molecular flexibility index (Phi) is 6.49. The van der Waals surface area contributed by atoms with Gasteiger partial charge in [0.1, 0.15) is 6.04 Å². The zero-order valence-electron chi connectivity index (χ0n) is 14.0. The van der Waals surface area contributed by atoms with Crippen LogP contribution < -0.4 is 10.6 Å². The molecule has 0 bridgehead atoms. The van der Waals surface area contributed by atoms with Gasteiger partial charge in [-0.15, -0.1) is 0 Å². The van der Waals surface area contributed by atoms with E-state index >= 15 is 0 Å². The number of nitrogens with zero attached hydrogens (tertiary/aromatic N) is 1. The molecule has 0 aliphatic heterocycles. The summed E-state index contributed by atoms with van der Waals surface area (Å²) in [6, 6.07) is 14.5. The molecule has 0 aliphatic rings. The Morgan fingerprint density at radius 1 is 1.04 bits per heavy atom. The van der Waals surface area contributed by atoms with Crippen molar-refractivity contribution in [2.45, 2.75) is 32.9 Å². The Labute approximate surface area is 142 Å². The van der Waals surface area contributed by atoms with Gasteiger partial charge < -0.3 is 10.6 Å². The minimum Gasteiger partial charge on any atom is -0.349 e. The molecule has 1 aromatic heterocycles. The van der Waals surface area contributed by atoms with Gasteiger partial charge in [-0.2, -0.15) is 0 Å². The van der Waals surface area contributed by atoms with Crippen LogP contribution in [-0.2, 0) is 22.6 Å². The molecule has 1 heterocycles. The minimum absolute atomic E-state index is 0.00606. The predicted molar refractivity (Wildman–Crippen MR) is 93.0 cm³/mol. The summed E-state index contributed by atoms with van der Waals surface area (Å²) < 4.78 is 0. The molecule has 0 aliphatic carbocycles. The molecule has 0 unspecified atom stereocenters. The second-order valence-corrected chi connectivity index (χ2v) is 5.99. The zero-order chi connectivity index (χ0) is 17.4. The summed E-state index contributed by atoms with van der Waals surface area (Å²) in [4.78, 5) is 28.8. The van der Waals surface area contributed by atoms with Crippen LogP contribution in [0.2, 0.25) is 0 Å². The molecule has 0 saturated heterocycles. The molecular formula is C19H23N3O2. The summed E-state index contributed by atoms with van der Waals surface area (Å²) in [5.41, 5.74) is 1.70. The molecule has 24 heavy (non-hydrogen) atoms. The third kappa shape index (κ3) is 5.50. The van der Waals surface area contributed by atoms with E-state index in [1.165, 1.54) is 0 Å². The lowest BCUT2D eigenvalue weighted by Crippen LogP contribution is -2.49. The summed E-state index contributed by atoms with van der Waals surface area (Å²) in [7, 11) is 0. The zero-order valence-corrected chi connectivity index (χ0v) is 14.0. The largest absolute Gasteiger partial charge is 0.349 e. The highest BCUT2D eigenvalue weighted by molar-refractivity contribution is 5.88. The second kappa shape index (κ2) is 8.82. The Bertz CT molecular complexity index is 657. The van der Waals surface area contributed by atoms with Crippen LogP contribution in [0.1, 0.15) is 25.1 Å². The molecule has 2 aromatic rings. The second-order valence-electron chi connectivity index (χ2n) is 5.99. The highest BCUT2D eigenvalue weighted by atomic mass is 16.2. The van der Waals surface area contributed by atoms with Gasteiger partial charge in [0.2, 0.25) is 11.8 Å². The summed E-state index contributed by atoms with van der Waals surface area (Å²) in [5.74, 6) is -0.363. The Balaban J connectivity index is 1.90. The van der Waals surface area contributed by atoms with Crippen LogP contribution >= 0.6 is 0 Å². The fourth-order valence-corrected chi connectivity index (χ4v) is 2.33. The van der Waals surface area contributed by atoms with E-state index in [1.54, 1.807) is 6.20 Å². The van der Waals surface area contributed by atoms with Crippen molar-refractivity contribution in [2.24, 2.45) is 5.92 Å². The van der Waals surface area contributed by atoms with Gasteiger partial charge in [-0.05, 0) is 23.6 Å². The maximum Gasteiger partial charge on any atom is 0.243 e. The minimum atomic E-state index is -0.565. The first-order chi connectivity index (χ1) is 11.6. The number of nitrogens with one attached hydrogen (secondary N) is 2. The lowest BCUT2D eigenvalue weighted by Gasteiger charge is -2.21. The topological polar surface area (TPSA) is 71.1 Å². The van der Waals surface area contributed by atoms with Gasteiger partial charge >= 0.3 is 0 Å². The molecular weight excluding hydrogens is 302 g/mol. The summed E-state index contributed by atoms with van der Waals surface area (Å²) in [6.07, 6.45) is 1.95. The normalized spacial score (nSPS) is 11.8. The molecule has 0 radical (unpaired) electrons. The van der Waals surface area contributed by atoms with E-state index in [4.69, 9.17) is 0 Å². The number of carbonyl (C=O) groups is 2. The summed E-state index contributed by atoms with van der Waals surface area (Å²) >= 11 is 0. The van der Waals surface area contributed by atoms with Gasteiger partial charge in [-0.25, -0.2) is 0 Å². The van der Waals surface area contributed by atoms with Crippen molar-refractivity contribution in [2.75, 3.05) is 0 Å². The molecule has 1 atom stereocenters. The molecule has 2 N–H and O–H groups in total. The molecule has 126 valence electrons. The van der Waals surface area contributed by atoms with E-state index in [2.05, 4.69) is 15.6 Å². The standard InChI is InChI=1S/C19H23N3O2/c1-14(2)18(19(24)21-13-16-10-6-7-11-20-16)22-17(23)12-15-8-4-3-5-9-15/h3-11,14,18H,12-13H2,1-2H3,(H,21,24)(H,22,23)/t18-/m1/s1.